The molecule has 6 nitrogen and oxygen atoms in total. The zero-order chi connectivity index (χ0) is 15.0. The highest BCUT2D eigenvalue weighted by molar-refractivity contribution is 6.11. The Labute approximate surface area is 118 Å². The van der Waals surface area contributed by atoms with Crippen molar-refractivity contribution in [3.05, 3.63) is 41.6 Å². The smallest absolute Gasteiger partial charge is 0.280 e. The van der Waals surface area contributed by atoms with Crippen molar-refractivity contribution in [3.8, 4) is 5.75 Å². The lowest BCUT2D eigenvalue weighted by atomic mass is 10.2. The van der Waals surface area contributed by atoms with Gasteiger partial charge in [-0.2, -0.15) is 0 Å². The number of rotatable bonds is 6. The maximum atomic E-state index is 11.8. The Balaban J connectivity index is 2.64. The SMILES string of the molecule is COc1ccc(CN=CC(=CN)C(=O)N(C)OC)cc1. The van der Waals surface area contributed by atoms with Crippen molar-refractivity contribution in [1.29, 1.82) is 0 Å². The number of nitrogens with two attached hydrogens (primary N) is 1. The molecule has 0 aliphatic heterocycles. The van der Waals surface area contributed by atoms with Crippen LogP contribution in [0.4, 0.5) is 0 Å². The topological polar surface area (TPSA) is 77.2 Å². The molecule has 0 radical (unpaired) electrons. The Kier molecular flexibility index (Phi) is 6.25. The van der Waals surface area contributed by atoms with Crippen LogP contribution < -0.4 is 10.5 Å². The third-order valence-electron chi connectivity index (χ3n) is 2.65. The fourth-order valence-electron chi connectivity index (χ4n) is 1.41. The molecule has 20 heavy (non-hydrogen) atoms. The number of benzene rings is 1. The molecule has 0 aliphatic carbocycles. The highest BCUT2D eigenvalue weighted by Crippen LogP contribution is 2.11. The second-order valence-corrected chi connectivity index (χ2v) is 3.93. The summed E-state index contributed by atoms with van der Waals surface area (Å²) in [6.45, 7) is 0.450. The van der Waals surface area contributed by atoms with Crippen LogP contribution in [0.1, 0.15) is 5.56 Å². The van der Waals surface area contributed by atoms with E-state index in [1.807, 2.05) is 24.3 Å². The van der Waals surface area contributed by atoms with Crippen LogP contribution >= 0.6 is 0 Å². The second-order valence-electron chi connectivity index (χ2n) is 3.93. The van der Waals surface area contributed by atoms with Crippen molar-refractivity contribution in [2.24, 2.45) is 10.7 Å². The number of hydrogen-bond donors (Lipinski definition) is 1. The van der Waals surface area contributed by atoms with E-state index in [4.69, 9.17) is 15.3 Å². The monoisotopic (exact) mass is 277 g/mol. The van der Waals surface area contributed by atoms with Crippen molar-refractivity contribution in [2.45, 2.75) is 6.54 Å². The Morgan fingerprint density at radius 2 is 2.00 bits per heavy atom. The number of carbonyl (C=O) groups is 1. The van der Waals surface area contributed by atoms with Crippen molar-refractivity contribution < 1.29 is 14.4 Å². The van der Waals surface area contributed by atoms with Gasteiger partial charge in [0.1, 0.15) is 5.75 Å². The maximum absolute atomic E-state index is 11.8. The molecule has 0 fully saturated rings. The summed E-state index contributed by atoms with van der Waals surface area (Å²) in [5.41, 5.74) is 6.68. The Morgan fingerprint density at radius 3 is 2.50 bits per heavy atom. The van der Waals surface area contributed by atoms with Gasteiger partial charge in [0, 0.05) is 19.5 Å². The lowest BCUT2D eigenvalue weighted by Crippen LogP contribution is -2.28. The zero-order valence-corrected chi connectivity index (χ0v) is 11.9. The fraction of sp³-hybridized carbons (Fsp3) is 0.286. The summed E-state index contributed by atoms with van der Waals surface area (Å²) in [6, 6.07) is 7.53. The number of methoxy groups -OCH3 is 1. The highest BCUT2D eigenvalue weighted by atomic mass is 16.7. The molecular formula is C14H19N3O3. The van der Waals surface area contributed by atoms with E-state index in [2.05, 4.69) is 4.99 Å². The molecule has 1 aromatic rings. The summed E-state index contributed by atoms with van der Waals surface area (Å²) in [4.78, 5) is 20.8. The second kappa shape index (κ2) is 7.96. The average Bonchev–Trinajstić information content (AvgIpc) is 2.50. The van der Waals surface area contributed by atoms with E-state index < -0.39 is 0 Å². The summed E-state index contributed by atoms with van der Waals surface area (Å²) in [5.74, 6) is 0.436. The largest absolute Gasteiger partial charge is 0.497 e. The summed E-state index contributed by atoms with van der Waals surface area (Å²) >= 11 is 0. The summed E-state index contributed by atoms with van der Waals surface area (Å²) in [6.07, 6.45) is 2.64. The van der Waals surface area contributed by atoms with Crippen molar-refractivity contribution in [3.63, 3.8) is 0 Å². The molecule has 1 rings (SSSR count). The third-order valence-corrected chi connectivity index (χ3v) is 2.65. The van der Waals surface area contributed by atoms with E-state index in [9.17, 15) is 4.79 Å². The van der Waals surface area contributed by atoms with Crippen LogP contribution in [0.5, 0.6) is 5.75 Å². The minimum Gasteiger partial charge on any atom is -0.497 e. The van der Waals surface area contributed by atoms with Gasteiger partial charge in [-0.1, -0.05) is 12.1 Å². The lowest BCUT2D eigenvalue weighted by Gasteiger charge is -2.13. The Morgan fingerprint density at radius 1 is 1.35 bits per heavy atom. The molecule has 0 unspecified atom stereocenters. The number of nitrogens with zero attached hydrogens (tertiary/aromatic N) is 2. The standard InChI is InChI=1S/C14H19N3O3/c1-17(20-3)14(18)12(8-15)10-16-9-11-4-6-13(19-2)7-5-11/h4-8,10H,9,15H2,1-3H3. The normalized spacial score (nSPS) is 11.7. The van der Waals surface area contributed by atoms with E-state index in [0.717, 1.165) is 16.4 Å². The number of amides is 1. The highest BCUT2D eigenvalue weighted by Gasteiger charge is 2.11. The van der Waals surface area contributed by atoms with Crippen LogP contribution in [0.3, 0.4) is 0 Å². The third kappa shape index (κ3) is 4.40. The molecule has 0 aliphatic rings. The van der Waals surface area contributed by atoms with Gasteiger partial charge in [-0.15, -0.1) is 0 Å². The Hall–Kier alpha value is -2.34. The first kappa shape index (κ1) is 15.7. The quantitative estimate of drug-likeness (QED) is 0.480. The van der Waals surface area contributed by atoms with Crippen LogP contribution in [0.2, 0.25) is 0 Å². The molecule has 0 bridgehead atoms. The zero-order valence-electron chi connectivity index (χ0n) is 11.9. The van der Waals surface area contributed by atoms with Gasteiger partial charge in [-0.3, -0.25) is 14.6 Å². The van der Waals surface area contributed by atoms with Crippen molar-refractivity contribution in [1.82, 2.24) is 5.06 Å². The lowest BCUT2D eigenvalue weighted by molar-refractivity contribution is -0.163. The van der Waals surface area contributed by atoms with Gasteiger partial charge in [-0.05, 0) is 17.7 Å². The predicted octanol–water partition coefficient (Wildman–Crippen LogP) is 1.13. The molecule has 0 spiro atoms. The van der Waals surface area contributed by atoms with Gasteiger partial charge in [0.2, 0.25) is 0 Å². The van der Waals surface area contributed by atoms with Gasteiger partial charge >= 0.3 is 0 Å². The number of carbonyl (C=O) groups excluding carboxylic acids is 1. The molecule has 0 aromatic heterocycles. The summed E-state index contributed by atoms with van der Waals surface area (Å²) < 4.78 is 5.07. The number of hydrogen-bond acceptors (Lipinski definition) is 5. The number of likely N-dealkylation sites (N-methyl/N-ethyl adjacent to an activating group) is 1. The minimum absolute atomic E-state index is 0.267. The fourth-order valence-corrected chi connectivity index (χ4v) is 1.41. The number of aliphatic imine (C=N–C) groups is 1. The summed E-state index contributed by atoms with van der Waals surface area (Å²) in [5, 5.41) is 1.08. The molecular weight excluding hydrogens is 258 g/mol. The van der Waals surface area contributed by atoms with Gasteiger partial charge < -0.3 is 10.5 Å². The average molecular weight is 277 g/mol. The minimum atomic E-state index is -0.353. The molecule has 2 N–H and O–H groups in total. The van der Waals surface area contributed by atoms with Crippen LogP contribution in [-0.4, -0.2) is 38.5 Å². The van der Waals surface area contributed by atoms with Crippen molar-refractivity contribution >= 4 is 12.1 Å². The molecule has 1 aromatic carbocycles. The predicted molar refractivity (Wildman–Crippen MR) is 77.2 cm³/mol. The van der Waals surface area contributed by atoms with Crippen LogP contribution in [0.15, 0.2) is 41.0 Å². The van der Waals surface area contributed by atoms with E-state index in [0.29, 0.717) is 6.54 Å². The van der Waals surface area contributed by atoms with Crippen LogP contribution in [0.25, 0.3) is 0 Å². The molecule has 0 atom stereocenters. The first-order valence-corrected chi connectivity index (χ1v) is 5.99. The van der Waals surface area contributed by atoms with Gasteiger partial charge in [0.15, 0.2) is 0 Å². The molecule has 6 heteroatoms. The van der Waals surface area contributed by atoms with Gasteiger partial charge in [-0.25, -0.2) is 5.06 Å². The first-order chi connectivity index (χ1) is 9.62. The molecule has 1 amide bonds. The molecule has 0 saturated carbocycles. The molecule has 0 saturated heterocycles. The molecule has 108 valence electrons. The van der Waals surface area contributed by atoms with Gasteiger partial charge in [0.25, 0.3) is 5.91 Å². The van der Waals surface area contributed by atoms with Gasteiger partial charge in [0.05, 0.1) is 26.3 Å². The first-order valence-electron chi connectivity index (χ1n) is 5.99. The van der Waals surface area contributed by atoms with Crippen LogP contribution in [-0.2, 0) is 16.2 Å². The molecule has 0 heterocycles. The van der Waals surface area contributed by atoms with E-state index in [1.54, 1.807) is 7.11 Å². The number of hydroxylamine groups is 2. The summed E-state index contributed by atoms with van der Waals surface area (Å²) in [7, 11) is 4.52. The van der Waals surface area contributed by atoms with E-state index in [-0.39, 0.29) is 11.5 Å². The Bertz CT molecular complexity index is 495. The van der Waals surface area contributed by atoms with Crippen molar-refractivity contribution in [2.75, 3.05) is 21.3 Å². The van der Waals surface area contributed by atoms with E-state index in [1.165, 1.54) is 26.6 Å². The van der Waals surface area contributed by atoms with Crippen LogP contribution in [0, 0.1) is 0 Å². The van der Waals surface area contributed by atoms with E-state index >= 15 is 0 Å². The maximum Gasteiger partial charge on any atom is 0.280 e. The number of ether oxygens (including phenoxy) is 1.